The molecule has 0 saturated carbocycles. The first-order chi connectivity index (χ1) is 11.5. The van der Waals surface area contributed by atoms with Gasteiger partial charge in [-0.15, -0.1) is 12.4 Å². The molecule has 1 aromatic carbocycles. The van der Waals surface area contributed by atoms with Crippen molar-refractivity contribution in [2.24, 2.45) is 0 Å². The summed E-state index contributed by atoms with van der Waals surface area (Å²) in [6.07, 6.45) is -0.501. The van der Waals surface area contributed by atoms with E-state index in [9.17, 15) is 17.6 Å². The second kappa shape index (κ2) is 8.41. The SMILES string of the molecule is Cl.O=C(C1CNCCO1)N1CCN(S(=O)(=O)c2ccc(F)cc2)CC1. The van der Waals surface area contributed by atoms with Crippen LogP contribution in [0.3, 0.4) is 0 Å². The summed E-state index contributed by atoms with van der Waals surface area (Å²) in [6, 6.07) is 4.76. The van der Waals surface area contributed by atoms with E-state index in [1.54, 1.807) is 4.90 Å². The summed E-state index contributed by atoms with van der Waals surface area (Å²) in [6.45, 7) is 2.77. The van der Waals surface area contributed by atoms with Gasteiger partial charge in [0.25, 0.3) is 5.91 Å². The van der Waals surface area contributed by atoms with E-state index in [0.717, 1.165) is 18.7 Å². The minimum Gasteiger partial charge on any atom is -0.366 e. The molecule has 1 N–H and O–H groups in total. The van der Waals surface area contributed by atoms with E-state index in [1.807, 2.05) is 0 Å². The Morgan fingerprint density at radius 1 is 1.16 bits per heavy atom. The van der Waals surface area contributed by atoms with Crippen molar-refractivity contribution >= 4 is 28.3 Å². The van der Waals surface area contributed by atoms with Crippen molar-refractivity contribution < 1.29 is 22.3 Å². The van der Waals surface area contributed by atoms with Crippen molar-refractivity contribution in [1.82, 2.24) is 14.5 Å². The third-order valence-electron chi connectivity index (χ3n) is 4.20. The molecule has 2 saturated heterocycles. The third kappa shape index (κ3) is 4.48. The van der Waals surface area contributed by atoms with Crippen molar-refractivity contribution in [2.75, 3.05) is 45.9 Å². The molecule has 2 fully saturated rings. The minimum atomic E-state index is -3.67. The standard InChI is InChI=1S/C15H20FN3O4S.ClH/c16-12-1-3-13(4-2-12)24(21,22)19-8-6-18(7-9-19)15(20)14-11-17-5-10-23-14;/h1-4,14,17H,5-11H2;1H. The molecule has 0 aromatic heterocycles. The predicted octanol–water partition coefficient (Wildman–Crippen LogP) is 0.0688. The summed E-state index contributed by atoms with van der Waals surface area (Å²) in [4.78, 5) is 14.1. The van der Waals surface area contributed by atoms with Crippen LogP contribution in [0.1, 0.15) is 0 Å². The number of nitrogens with one attached hydrogen (secondary N) is 1. The smallest absolute Gasteiger partial charge is 0.253 e. The maximum Gasteiger partial charge on any atom is 0.253 e. The number of carbonyl (C=O) groups is 1. The van der Waals surface area contributed by atoms with Crippen LogP contribution in [0.4, 0.5) is 4.39 Å². The summed E-state index contributed by atoms with van der Waals surface area (Å²) < 4.78 is 44.8. The lowest BCUT2D eigenvalue weighted by Gasteiger charge is -2.36. The first-order valence-corrected chi connectivity index (χ1v) is 9.29. The van der Waals surface area contributed by atoms with Crippen molar-refractivity contribution in [3.8, 4) is 0 Å². The Morgan fingerprint density at radius 3 is 2.36 bits per heavy atom. The molecule has 140 valence electrons. The number of rotatable bonds is 3. The fourth-order valence-corrected chi connectivity index (χ4v) is 4.25. The summed E-state index contributed by atoms with van der Waals surface area (Å²) in [5.74, 6) is -0.591. The zero-order chi connectivity index (χ0) is 17.2. The van der Waals surface area contributed by atoms with Crippen LogP contribution in [0.5, 0.6) is 0 Å². The van der Waals surface area contributed by atoms with Crippen LogP contribution in [0.25, 0.3) is 0 Å². The molecule has 2 aliphatic rings. The summed E-state index contributed by atoms with van der Waals surface area (Å²) in [7, 11) is -3.67. The maximum absolute atomic E-state index is 13.0. The number of sulfonamides is 1. The number of carbonyl (C=O) groups excluding carboxylic acids is 1. The highest BCUT2D eigenvalue weighted by molar-refractivity contribution is 7.89. The largest absolute Gasteiger partial charge is 0.366 e. The number of ether oxygens (including phenoxy) is 1. The van der Waals surface area contributed by atoms with E-state index in [-0.39, 0.29) is 36.3 Å². The van der Waals surface area contributed by atoms with Gasteiger partial charge >= 0.3 is 0 Å². The van der Waals surface area contributed by atoms with Crippen LogP contribution in [-0.2, 0) is 19.6 Å². The molecule has 1 aromatic rings. The average molecular weight is 394 g/mol. The number of amides is 1. The quantitative estimate of drug-likeness (QED) is 0.786. The van der Waals surface area contributed by atoms with Gasteiger partial charge in [0.15, 0.2) is 0 Å². The topological polar surface area (TPSA) is 79.0 Å². The van der Waals surface area contributed by atoms with Gasteiger partial charge in [-0.25, -0.2) is 12.8 Å². The fraction of sp³-hybridized carbons (Fsp3) is 0.533. The van der Waals surface area contributed by atoms with Gasteiger partial charge in [-0.2, -0.15) is 4.31 Å². The van der Waals surface area contributed by atoms with Gasteiger partial charge in [0.1, 0.15) is 11.9 Å². The molecule has 2 heterocycles. The predicted molar refractivity (Wildman–Crippen MR) is 91.6 cm³/mol. The summed E-state index contributed by atoms with van der Waals surface area (Å²) in [5, 5.41) is 3.10. The van der Waals surface area contributed by atoms with Crippen LogP contribution in [0.2, 0.25) is 0 Å². The molecular weight excluding hydrogens is 373 g/mol. The maximum atomic E-state index is 13.0. The van der Waals surface area contributed by atoms with Crippen LogP contribution >= 0.6 is 12.4 Å². The molecular formula is C15H21ClFN3O4S. The molecule has 3 rings (SSSR count). The van der Waals surface area contributed by atoms with E-state index < -0.39 is 21.9 Å². The van der Waals surface area contributed by atoms with Crippen LogP contribution in [0, 0.1) is 5.82 Å². The Kier molecular flexibility index (Phi) is 6.75. The lowest BCUT2D eigenvalue weighted by Crippen LogP contribution is -2.55. The van der Waals surface area contributed by atoms with Crippen LogP contribution in [-0.4, -0.2) is 75.5 Å². The Bertz CT molecular complexity index is 687. The number of piperazine rings is 1. The Hall–Kier alpha value is -1.26. The summed E-state index contributed by atoms with van der Waals surface area (Å²) >= 11 is 0. The molecule has 0 aliphatic carbocycles. The van der Waals surface area contributed by atoms with Gasteiger partial charge < -0.3 is 15.0 Å². The van der Waals surface area contributed by atoms with Crippen LogP contribution < -0.4 is 5.32 Å². The molecule has 7 nitrogen and oxygen atoms in total. The Morgan fingerprint density at radius 2 is 1.80 bits per heavy atom. The van der Waals surface area contributed by atoms with E-state index in [1.165, 1.54) is 16.4 Å². The molecule has 2 aliphatic heterocycles. The highest BCUT2D eigenvalue weighted by atomic mass is 35.5. The zero-order valence-corrected chi connectivity index (χ0v) is 15.2. The Labute approximate surface area is 152 Å². The molecule has 1 unspecified atom stereocenters. The normalized spacial score (nSPS) is 22.3. The second-order valence-electron chi connectivity index (χ2n) is 5.75. The van der Waals surface area contributed by atoms with Crippen molar-refractivity contribution in [3.05, 3.63) is 30.1 Å². The molecule has 25 heavy (non-hydrogen) atoms. The van der Waals surface area contributed by atoms with Crippen molar-refractivity contribution in [1.29, 1.82) is 0 Å². The molecule has 0 spiro atoms. The second-order valence-corrected chi connectivity index (χ2v) is 7.68. The highest BCUT2D eigenvalue weighted by Crippen LogP contribution is 2.18. The number of halogens is 2. The van der Waals surface area contributed by atoms with Gasteiger partial charge in [-0.05, 0) is 24.3 Å². The number of morpholine rings is 1. The summed E-state index contributed by atoms with van der Waals surface area (Å²) in [5.41, 5.74) is 0. The van der Waals surface area contributed by atoms with Gasteiger partial charge in [0, 0.05) is 39.3 Å². The average Bonchev–Trinajstić information content (AvgIpc) is 2.62. The van der Waals surface area contributed by atoms with Gasteiger partial charge in [-0.1, -0.05) is 0 Å². The first-order valence-electron chi connectivity index (χ1n) is 7.85. The van der Waals surface area contributed by atoms with Gasteiger partial charge in [0.05, 0.1) is 11.5 Å². The van der Waals surface area contributed by atoms with Gasteiger partial charge in [-0.3, -0.25) is 4.79 Å². The Balaban J connectivity index is 0.00000225. The highest BCUT2D eigenvalue weighted by Gasteiger charge is 2.33. The minimum absolute atomic E-state index is 0. The molecule has 10 heteroatoms. The number of nitrogens with zero attached hydrogens (tertiary/aromatic N) is 2. The zero-order valence-electron chi connectivity index (χ0n) is 13.6. The lowest BCUT2D eigenvalue weighted by atomic mass is 10.2. The number of hydrogen-bond donors (Lipinski definition) is 1. The third-order valence-corrected chi connectivity index (χ3v) is 6.12. The van der Waals surface area contributed by atoms with E-state index >= 15 is 0 Å². The molecule has 1 amide bonds. The van der Waals surface area contributed by atoms with Crippen molar-refractivity contribution in [2.45, 2.75) is 11.0 Å². The molecule has 0 radical (unpaired) electrons. The molecule has 1 atom stereocenters. The number of benzene rings is 1. The van der Waals surface area contributed by atoms with Gasteiger partial charge in [0.2, 0.25) is 10.0 Å². The molecule has 0 bridgehead atoms. The van der Waals surface area contributed by atoms with E-state index in [2.05, 4.69) is 5.32 Å². The fourth-order valence-electron chi connectivity index (χ4n) is 2.83. The van der Waals surface area contributed by atoms with Crippen molar-refractivity contribution in [3.63, 3.8) is 0 Å². The van der Waals surface area contributed by atoms with E-state index in [4.69, 9.17) is 4.74 Å². The van der Waals surface area contributed by atoms with E-state index in [0.29, 0.717) is 26.2 Å². The number of hydrogen-bond acceptors (Lipinski definition) is 5. The first kappa shape index (κ1) is 20.1. The van der Waals surface area contributed by atoms with Crippen LogP contribution in [0.15, 0.2) is 29.2 Å². The lowest BCUT2D eigenvalue weighted by molar-refractivity contribution is -0.146. The monoisotopic (exact) mass is 393 g/mol.